The molecule has 0 atom stereocenters. The van der Waals surface area contributed by atoms with Gasteiger partial charge in [0, 0.05) is 43.7 Å². The predicted molar refractivity (Wildman–Crippen MR) is 217 cm³/mol. The van der Waals surface area contributed by atoms with Crippen LogP contribution in [0.15, 0.2) is 176 Å². The molecule has 7 aromatic carbocycles. The Labute approximate surface area is 295 Å². The van der Waals surface area contributed by atoms with Gasteiger partial charge in [-0.25, -0.2) is 0 Å². The predicted octanol–water partition coefficient (Wildman–Crippen LogP) is 12.0. The SMILES string of the molecule is C/C=C\C=C(/N)n1c2c(ccc3c2c2ccccc2n3-c2ccccc2)c2ccc3c(c4ccccc4n3-c3cccc(-c4ccccc4)c3)c21. The van der Waals surface area contributed by atoms with Crippen LogP contribution in [0, 0.1) is 0 Å². The minimum Gasteiger partial charge on any atom is -0.385 e. The molecule has 3 aromatic heterocycles. The largest absolute Gasteiger partial charge is 0.385 e. The molecule has 0 saturated heterocycles. The summed E-state index contributed by atoms with van der Waals surface area (Å²) in [6.07, 6.45) is 6.08. The van der Waals surface area contributed by atoms with E-state index in [0.29, 0.717) is 5.82 Å². The first-order valence-corrected chi connectivity index (χ1v) is 17.5. The molecule has 0 saturated carbocycles. The number of rotatable bonds is 5. The van der Waals surface area contributed by atoms with Crippen LogP contribution in [0.4, 0.5) is 0 Å². The molecule has 0 aliphatic heterocycles. The summed E-state index contributed by atoms with van der Waals surface area (Å²) < 4.78 is 7.09. The number of allylic oxidation sites excluding steroid dienone is 3. The molecule has 4 nitrogen and oxygen atoms in total. The van der Waals surface area contributed by atoms with E-state index in [1.54, 1.807) is 0 Å². The highest BCUT2D eigenvalue weighted by Gasteiger charge is 2.24. The summed E-state index contributed by atoms with van der Waals surface area (Å²) in [5.74, 6) is 0.674. The van der Waals surface area contributed by atoms with Gasteiger partial charge in [-0.1, -0.05) is 121 Å². The van der Waals surface area contributed by atoms with Gasteiger partial charge in [-0.15, -0.1) is 0 Å². The first-order chi connectivity index (χ1) is 25.2. The highest BCUT2D eigenvalue weighted by atomic mass is 15.1. The van der Waals surface area contributed by atoms with Crippen molar-refractivity contribution >= 4 is 71.2 Å². The van der Waals surface area contributed by atoms with Crippen LogP contribution in [0.5, 0.6) is 0 Å². The zero-order chi connectivity index (χ0) is 34.1. The van der Waals surface area contributed by atoms with Gasteiger partial charge in [0.05, 0.1) is 33.1 Å². The minimum atomic E-state index is 0.674. The van der Waals surface area contributed by atoms with Gasteiger partial charge in [-0.3, -0.25) is 4.57 Å². The van der Waals surface area contributed by atoms with Crippen molar-refractivity contribution in [2.75, 3.05) is 0 Å². The van der Waals surface area contributed by atoms with Crippen LogP contribution in [-0.2, 0) is 0 Å². The van der Waals surface area contributed by atoms with E-state index in [2.05, 4.69) is 171 Å². The van der Waals surface area contributed by atoms with Gasteiger partial charge in [0.25, 0.3) is 0 Å². The Morgan fingerprint density at radius 1 is 0.471 bits per heavy atom. The van der Waals surface area contributed by atoms with E-state index in [1.807, 2.05) is 25.2 Å². The van der Waals surface area contributed by atoms with Crippen LogP contribution in [-0.4, -0.2) is 13.7 Å². The van der Waals surface area contributed by atoms with Crippen molar-refractivity contribution in [3.05, 3.63) is 176 Å². The van der Waals surface area contributed by atoms with Gasteiger partial charge in [0.1, 0.15) is 5.82 Å². The highest BCUT2D eigenvalue weighted by molar-refractivity contribution is 6.32. The first kappa shape index (κ1) is 29.2. The van der Waals surface area contributed by atoms with Crippen molar-refractivity contribution in [3.8, 4) is 22.5 Å². The second-order valence-electron chi connectivity index (χ2n) is 13.1. The van der Waals surface area contributed by atoms with Crippen molar-refractivity contribution in [1.29, 1.82) is 0 Å². The van der Waals surface area contributed by atoms with Crippen molar-refractivity contribution in [2.24, 2.45) is 5.73 Å². The molecule has 51 heavy (non-hydrogen) atoms. The van der Waals surface area contributed by atoms with Crippen molar-refractivity contribution < 1.29 is 0 Å². The first-order valence-electron chi connectivity index (χ1n) is 17.5. The van der Waals surface area contributed by atoms with Crippen LogP contribution in [0.2, 0.25) is 0 Å². The highest BCUT2D eigenvalue weighted by Crippen LogP contribution is 2.45. The maximum Gasteiger partial charge on any atom is 0.108 e. The van der Waals surface area contributed by atoms with Gasteiger partial charge in [0.2, 0.25) is 0 Å². The monoisotopic (exact) mass is 654 g/mol. The van der Waals surface area contributed by atoms with E-state index in [-0.39, 0.29) is 0 Å². The maximum atomic E-state index is 7.21. The number of hydrogen-bond acceptors (Lipinski definition) is 1. The second kappa shape index (κ2) is 11.4. The fourth-order valence-electron chi connectivity index (χ4n) is 8.21. The molecule has 242 valence electrons. The van der Waals surface area contributed by atoms with Gasteiger partial charge in [-0.2, -0.15) is 0 Å². The van der Waals surface area contributed by atoms with Crippen molar-refractivity contribution in [2.45, 2.75) is 6.92 Å². The number of para-hydroxylation sites is 3. The molecule has 0 spiro atoms. The number of fused-ring (bicyclic) bond motifs is 11. The third-order valence-electron chi connectivity index (χ3n) is 10.3. The Hall–Kier alpha value is -6.78. The van der Waals surface area contributed by atoms with Crippen molar-refractivity contribution in [1.82, 2.24) is 13.7 Å². The molecular formula is C47H34N4. The van der Waals surface area contributed by atoms with E-state index in [0.717, 1.165) is 39.0 Å². The number of aromatic nitrogens is 3. The summed E-state index contributed by atoms with van der Waals surface area (Å²) in [4.78, 5) is 0. The number of nitrogens with two attached hydrogens (primary N) is 1. The van der Waals surface area contributed by atoms with E-state index >= 15 is 0 Å². The third kappa shape index (κ3) is 4.26. The minimum absolute atomic E-state index is 0.674. The van der Waals surface area contributed by atoms with Crippen LogP contribution in [0.25, 0.3) is 93.7 Å². The third-order valence-corrected chi connectivity index (χ3v) is 10.3. The number of nitrogens with zero attached hydrogens (tertiary/aromatic N) is 3. The molecule has 10 rings (SSSR count). The van der Waals surface area contributed by atoms with E-state index in [1.165, 1.54) is 49.0 Å². The molecule has 0 aliphatic rings. The Bertz CT molecular complexity index is 3030. The zero-order valence-electron chi connectivity index (χ0n) is 28.2. The Morgan fingerprint density at radius 2 is 0.980 bits per heavy atom. The maximum absolute atomic E-state index is 7.21. The lowest BCUT2D eigenvalue weighted by Gasteiger charge is -2.11. The standard InChI is InChI=1S/C47H34N4/c1-2-3-25-43(48)51-46-35(26-28-41-44(46)37-21-10-12-23-39(37)49(41)33-18-8-5-9-19-33)36-27-29-42-45(47(36)51)38-22-11-13-24-40(38)50(42)34-20-14-17-32(30-34)31-15-6-4-7-16-31/h2-30H,48H2,1H3/b3-2-,43-25+. The summed E-state index contributed by atoms with van der Waals surface area (Å²) in [5, 5.41) is 7.10. The van der Waals surface area contributed by atoms with Gasteiger partial charge in [0.15, 0.2) is 0 Å². The molecule has 10 aromatic rings. The van der Waals surface area contributed by atoms with E-state index in [4.69, 9.17) is 5.73 Å². The fourth-order valence-corrected chi connectivity index (χ4v) is 8.21. The summed E-state index contributed by atoms with van der Waals surface area (Å²) in [6.45, 7) is 2.02. The number of benzene rings is 7. The molecule has 3 heterocycles. The van der Waals surface area contributed by atoms with E-state index in [9.17, 15) is 0 Å². The number of hydrogen-bond donors (Lipinski definition) is 1. The van der Waals surface area contributed by atoms with Crippen LogP contribution >= 0.6 is 0 Å². The lowest BCUT2D eigenvalue weighted by Crippen LogP contribution is -2.06. The van der Waals surface area contributed by atoms with Crippen LogP contribution in [0.3, 0.4) is 0 Å². The molecule has 0 fully saturated rings. The molecule has 0 amide bonds. The summed E-state index contributed by atoms with van der Waals surface area (Å²) >= 11 is 0. The van der Waals surface area contributed by atoms with E-state index < -0.39 is 0 Å². The molecule has 2 N–H and O–H groups in total. The van der Waals surface area contributed by atoms with Gasteiger partial charge in [-0.05, 0) is 72.7 Å². The lowest BCUT2D eigenvalue weighted by molar-refractivity contribution is 1.17. The lowest BCUT2D eigenvalue weighted by atomic mass is 10.1. The van der Waals surface area contributed by atoms with Crippen LogP contribution < -0.4 is 5.73 Å². The molecule has 0 radical (unpaired) electrons. The van der Waals surface area contributed by atoms with Crippen LogP contribution in [0.1, 0.15) is 6.92 Å². The van der Waals surface area contributed by atoms with Gasteiger partial charge < -0.3 is 14.9 Å². The second-order valence-corrected chi connectivity index (χ2v) is 13.1. The fraction of sp³-hybridized carbons (Fsp3) is 0.0213. The quantitative estimate of drug-likeness (QED) is 0.184. The summed E-state index contributed by atoms with van der Waals surface area (Å²) in [7, 11) is 0. The average molecular weight is 655 g/mol. The smallest absolute Gasteiger partial charge is 0.108 e. The molecule has 0 aliphatic carbocycles. The Morgan fingerprint density at radius 3 is 1.59 bits per heavy atom. The Balaban J connectivity index is 1.39. The summed E-state index contributed by atoms with van der Waals surface area (Å²) in [5.41, 5.74) is 18.7. The zero-order valence-corrected chi connectivity index (χ0v) is 28.2. The molecular weight excluding hydrogens is 621 g/mol. The average Bonchev–Trinajstić information content (AvgIpc) is 3.83. The summed E-state index contributed by atoms with van der Waals surface area (Å²) in [6, 6.07) is 56.7. The topological polar surface area (TPSA) is 40.8 Å². The molecule has 4 heteroatoms. The van der Waals surface area contributed by atoms with Gasteiger partial charge >= 0.3 is 0 Å². The Kier molecular flexibility index (Phi) is 6.52. The molecule has 0 bridgehead atoms. The normalized spacial score (nSPS) is 12.5. The molecule has 0 unspecified atom stereocenters. The van der Waals surface area contributed by atoms with Crippen molar-refractivity contribution in [3.63, 3.8) is 0 Å².